The molecule has 1 fully saturated rings. The summed E-state index contributed by atoms with van der Waals surface area (Å²) in [6.07, 6.45) is 0. The molecular weight excluding hydrogens is 194 g/mol. The number of carbonyl (C=O) groups is 2. The molecule has 1 aliphatic heterocycles. The number of hydrogen-bond acceptors (Lipinski definition) is 3. The topological polar surface area (TPSA) is 66.6 Å². The fourth-order valence-corrected chi connectivity index (χ4v) is 1.48. The van der Waals surface area contributed by atoms with Gasteiger partial charge in [-0.05, 0) is 18.9 Å². The molecule has 1 atom stereocenters. The van der Waals surface area contributed by atoms with Crippen LogP contribution in [0.3, 0.4) is 0 Å². The zero-order chi connectivity index (χ0) is 11.8. The van der Waals surface area contributed by atoms with Gasteiger partial charge in [0.05, 0.1) is 0 Å². The number of nitrogens with two attached hydrogens (primary N) is 1. The number of amides is 3. The molecule has 0 aromatic carbocycles. The predicted octanol–water partition coefficient (Wildman–Crippen LogP) is 0.254. The number of urea groups is 1. The van der Waals surface area contributed by atoms with Gasteiger partial charge in [0.25, 0.3) is 5.91 Å². The fourth-order valence-electron chi connectivity index (χ4n) is 1.48. The maximum atomic E-state index is 11.7. The first-order valence-electron chi connectivity index (χ1n) is 5.08. The summed E-state index contributed by atoms with van der Waals surface area (Å²) in [5.41, 5.74) is 5.36. The number of nitrogens with zero attached hydrogens (tertiary/aromatic N) is 2. The smallest absolute Gasteiger partial charge is 0.327 e. The summed E-state index contributed by atoms with van der Waals surface area (Å²) in [4.78, 5) is 26.2. The second-order valence-electron chi connectivity index (χ2n) is 4.86. The van der Waals surface area contributed by atoms with E-state index in [0.29, 0.717) is 13.1 Å². The van der Waals surface area contributed by atoms with Gasteiger partial charge in [-0.25, -0.2) is 4.79 Å². The number of likely N-dealkylation sites (N-methyl/N-ethyl adjacent to an activating group) is 1. The quantitative estimate of drug-likeness (QED) is 0.683. The Morgan fingerprint density at radius 3 is 2.27 bits per heavy atom. The molecule has 3 amide bonds. The fraction of sp³-hybridized carbons (Fsp3) is 0.800. The number of imide groups is 1. The van der Waals surface area contributed by atoms with Crippen molar-refractivity contribution in [3.63, 3.8) is 0 Å². The van der Waals surface area contributed by atoms with E-state index in [0.717, 1.165) is 0 Å². The molecule has 5 nitrogen and oxygen atoms in total. The van der Waals surface area contributed by atoms with Crippen LogP contribution in [0.4, 0.5) is 4.79 Å². The molecule has 0 spiro atoms. The summed E-state index contributed by atoms with van der Waals surface area (Å²) < 4.78 is 0. The van der Waals surface area contributed by atoms with Crippen molar-refractivity contribution in [1.29, 1.82) is 0 Å². The Labute approximate surface area is 90.2 Å². The van der Waals surface area contributed by atoms with Crippen LogP contribution in [0.25, 0.3) is 0 Å². The van der Waals surface area contributed by atoms with Gasteiger partial charge >= 0.3 is 6.03 Å². The van der Waals surface area contributed by atoms with Gasteiger partial charge in [0.15, 0.2) is 0 Å². The molecule has 1 rings (SSSR count). The monoisotopic (exact) mass is 213 g/mol. The lowest BCUT2D eigenvalue weighted by Crippen LogP contribution is -2.42. The van der Waals surface area contributed by atoms with Crippen molar-refractivity contribution in [3.8, 4) is 0 Å². The Morgan fingerprint density at radius 2 is 1.93 bits per heavy atom. The molecule has 1 saturated heterocycles. The lowest BCUT2D eigenvalue weighted by atomic mass is 9.93. The molecule has 86 valence electrons. The molecule has 0 aliphatic carbocycles. The highest BCUT2D eigenvalue weighted by Crippen LogP contribution is 2.21. The van der Waals surface area contributed by atoms with Crippen LogP contribution in [0.2, 0.25) is 0 Å². The lowest BCUT2D eigenvalue weighted by Gasteiger charge is -2.27. The molecule has 1 unspecified atom stereocenters. The van der Waals surface area contributed by atoms with Crippen LogP contribution in [0, 0.1) is 5.41 Å². The van der Waals surface area contributed by atoms with Gasteiger partial charge < -0.3 is 10.6 Å². The average molecular weight is 213 g/mol. The lowest BCUT2D eigenvalue weighted by molar-refractivity contribution is -0.128. The first kappa shape index (κ1) is 12.0. The minimum atomic E-state index is -0.355. The van der Waals surface area contributed by atoms with Crippen LogP contribution in [0.1, 0.15) is 20.8 Å². The summed E-state index contributed by atoms with van der Waals surface area (Å²) in [7, 11) is 1.64. The van der Waals surface area contributed by atoms with Crippen LogP contribution >= 0.6 is 0 Å². The standard InChI is InChI=1S/C10H19N3O2/c1-7-8(14)13(9(15)12(7)4)6-10(2,3)5-11/h7H,5-6,11H2,1-4H3. The van der Waals surface area contributed by atoms with Crippen molar-refractivity contribution in [1.82, 2.24) is 9.80 Å². The van der Waals surface area contributed by atoms with Crippen molar-refractivity contribution in [3.05, 3.63) is 0 Å². The van der Waals surface area contributed by atoms with Crippen molar-refractivity contribution in [2.45, 2.75) is 26.8 Å². The number of carbonyl (C=O) groups excluding carboxylic acids is 2. The zero-order valence-electron chi connectivity index (χ0n) is 9.78. The van der Waals surface area contributed by atoms with Gasteiger partial charge in [-0.15, -0.1) is 0 Å². The van der Waals surface area contributed by atoms with Crippen LogP contribution in [0.5, 0.6) is 0 Å². The molecule has 0 radical (unpaired) electrons. The third-order valence-corrected chi connectivity index (χ3v) is 2.88. The third kappa shape index (κ3) is 2.12. The van der Waals surface area contributed by atoms with Crippen LogP contribution in [-0.4, -0.2) is 47.9 Å². The predicted molar refractivity (Wildman–Crippen MR) is 57.2 cm³/mol. The number of hydrogen-bond donors (Lipinski definition) is 1. The molecule has 0 saturated carbocycles. The Morgan fingerprint density at radius 1 is 1.40 bits per heavy atom. The Hall–Kier alpha value is -1.10. The molecule has 1 heterocycles. The highest BCUT2D eigenvalue weighted by Gasteiger charge is 2.41. The van der Waals surface area contributed by atoms with Crippen LogP contribution in [-0.2, 0) is 4.79 Å². The largest absolute Gasteiger partial charge is 0.330 e. The van der Waals surface area contributed by atoms with E-state index in [1.54, 1.807) is 14.0 Å². The minimum absolute atomic E-state index is 0.135. The van der Waals surface area contributed by atoms with E-state index in [1.165, 1.54) is 9.80 Å². The van der Waals surface area contributed by atoms with Crippen LogP contribution in [0.15, 0.2) is 0 Å². The van der Waals surface area contributed by atoms with Gasteiger partial charge in [0.2, 0.25) is 0 Å². The molecule has 1 aliphatic rings. The van der Waals surface area contributed by atoms with Gasteiger partial charge in [0, 0.05) is 13.6 Å². The number of rotatable bonds is 3. The van der Waals surface area contributed by atoms with E-state index < -0.39 is 0 Å². The van der Waals surface area contributed by atoms with E-state index >= 15 is 0 Å². The van der Waals surface area contributed by atoms with E-state index in [9.17, 15) is 9.59 Å². The first-order valence-corrected chi connectivity index (χ1v) is 5.08. The Bertz CT molecular complexity index is 268. The minimum Gasteiger partial charge on any atom is -0.330 e. The van der Waals surface area contributed by atoms with E-state index in [2.05, 4.69) is 0 Å². The van der Waals surface area contributed by atoms with Gasteiger partial charge in [-0.1, -0.05) is 13.8 Å². The second kappa shape index (κ2) is 3.81. The Kier molecular flexibility index (Phi) is 3.04. The molecule has 2 N–H and O–H groups in total. The van der Waals surface area contributed by atoms with Crippen molar-refractivity contribution in [2.24, 2.45) is 11.1 Å². The van der Waals surface area contributed by atoms with Crippen molar-refractivity contribution < 1.29 is 9.59 Å². The highest BCUT2D eigenvalue weighted by atomic mass is 16.2. The van der Waals surface area contributed by atoms with Gasteiger partial charge in [-0.3, -0.25) is 9.69 Å². The summed E-state index contributed by atoms with van der Waals surface area (Å²) in [5.74, 6) is -0.135. The molecule has 0 aromatic heterocycles. The summed E-state index contributed by atoms with van der Waals surface area (Å²) in [5, 5.41) is 0. The SMILES string of the molecule is CC1C(=O)N(CC(C)(C)CN)C(=O)N1C. The van der Waals surface area contributed by atoms with E-state index in [4.69, 9.17) is 5.73 Å². The Balaban J connectivity index is 2.80. The molecular formula is C10H19N3O2. The normalized spacial score (nSPS) is 22.9. The maximum Gasteiger partial charge on any atom is 0.327 e. The summed E-state index contributed by atoms with van der Waals surface area (Å²) in [6, 6.07) is -0.583. The second-order valence-corrected chi connectivity index (χ2v) is 4.86. The molecule has 15 heavy (non-hydrogen) atoms. The third-order valence-electron chi connectivity index (χ3n) is 2.88. The summed E-state index contributed by atoms with van der Waals surface area (Å²) in [6.45, 7) is 6.45. The van der Waals surface area contributed by atoms with Crippen molar-refractivity contribution >= 4 is 11.9 Å². The summed E-state index contributed by atoms with van der Waals surface area (Å²) >= 11 is 0. The molecule has 0 bridgehead atoms. The highest BCUT2D eigenvalue weighted by molar-refractivity contribution is 6.03. The van der Waals surface area contributed by atoms with E-state index in [1.807, 2.05) is 13.8 Å². The van der Waals surface area contributed by atoms with Gasteiger partial charge in [0.1, 0.15) is 6.04 Å². The first-order chi connectivity index (χ1) is 6.80. The maximum absolute atomic E-state index is 11.7. The molecule has 0 aromatic rings. The average Bonchev–Trinajstić information content (AvgIpc) is 2.36. The van der Waals surface area contributed by atoms with Crippen LogP contribution < -0.4 is 5.73 Å². The zero-order valence-corrected chi connectivity index (χ0v) is 9.78. The molecule has 5 heteroatoms. The van der Waals surface area contributed by atoms with Crippen molar-refractivity contribution in [2.75, 3.05) is 20.1 Å². The van der Waals surface area contributed by atoms with E-state index in [-0.39, 0.29) is 23.4 Å². The van der Waals surface area contributed by atoms with Gasteiger partial charge in [-0.2, -0.15) is 0 Å².